The van der Waals surface area contributed by atoms with Crippen LogP contribution in [0.15, 0.2) is 63.2 Å². The van der Waals surface area contributed by atoms with Crippen molar-refractivity contribution < 1.29 is 18.9 Å². The Morgan fingerprint density at radius 2 is 2.07 bits per heavy atom. The lowest BCUT2D eigenvalue weighted by molar-refractivity contribution is -0.384. The quantitative estimate of drug-likeness (QED) is 0.261. The summed E-state index contributed by atoms with van der Waals surface area (Å²) in [5, 5.41) is 13.7. The lowest BCUT2D eigenvalue weighted by Gasteiger charge is -2.14. The minimum absolute atomic E-state index is 0.0483. The van der Waals surface area contributed by atoms with E-state index in [2.05, 4.69) is 5.43 Å². The number of non-ortho nitro benzene ring substituents is 1. The van der Waals surface area contributed by atoms with Crippen molar-refractivity contribution in [3.8, 4) is 11.3 Å². The number of amides is 2. The van der Waals surface area contributed by atoms with E-state index >= 15 is 0 Å². The van der Waals surface area contributed by atoms with Crippen molar-refractivity contribution in [3.63, 3.8) is 0 Å². The van der Waals surface area contributed by atoms with Gasteiger partial charge >= 0.3 is 0 Å². The topological polar surface area (TPSA) is 106 Å². The van der Waals surface area contributed by atoms with Crippen molar-refractivity contribution in [1.82, 2.24) is 10.4 Å². The van der Waals surface area contributed by atoms with Crippen molar-refractivity contribution >= 4 is 63.2 Å². The third-order valence-corrected chi connectivity index (χ3v) is 6.16. The molecule has 1 fully saturated rings. The molecule has 3 aromatic rings. The molecule has 0 aliphatic carbocycles. The molecule has 4 rings (SSSR count). The maximum absolute atomic E-state index is 12.6. The minimum atomic E-state index is -0.483. The number of hydrazine groups is 1. The molecular weight excluding hydrogens is 446 g/mol. The van der Waals surface area contributed by atoms with E-state index in [0.717, 1.165) is 16.8 Å². The van der Waals surface area contributed by atoms with Gasteiger partial charge in [-0.2, -0.15) is 5.01 Å². The highest BCUT2D eigenvalue weighted by Gasteiger charge is 2.34. The summed E-state index contributed by atoms with van der Waals surface area (Å²) in [5.41, 5.74) is 3.00. The van der Waals surface area contributed by atoms with Gasteiger partial charge in [0.25, 0.3) is 17.5 Å². The number of rotatable bonds is 5. The van der Waals surface area contributed by atoms with Gasteiger partial charge in [-0.05, 0) is 35.8 Å². The van der Waals surface area contributed by atoms with Gasteiger partial charge < -0.3 is 4.42 Å². The van der Waals surface area contributed by atoms with Crippen LogP contribution in [0.5, 0.6) is 0 Å². The molecule has 30 heavy (non-hydrogen) atoms. The number of carbonyl (C=O) groups excluding carboxylic acids is 2. The molecule has 0 unspecified atom stereocenters. The van der Waals surface area contributed by atoms with E-state index < -0.39 is 16.7 Å². The average Bonchev–Trinajstić information content (AvgIpc) is 3.47. The second-order valence-corrected chi connectivity index (χ2v) is 8.57. The minimum Gasteiger partial charge on any atom is -0.457 e. The first kappa shape index (κ1) is 20.0. The fraction of sp³-hybridized carbons (Fsp3) is 0. The summed E-state index contributed by atoms with van der Waals surface area (Å²) >= 11 is 7.49. The fourth-order valence-electron chi connectivity index (χ4n) is 2.62. The number of furan rings is 1. The van der Waals surface area contributed by atoms with Crippen LogP contribution in [0.1, 0.15) is 15.4 Å². The largest absolute Gasteiger partial charge is 0.457 e. The van der Waals surface area contributed by atoms with Crippen LogP contribution < -0.4 is 5.43 Å². The van der Waals surface area contributed by atoms with E-state index in [9.17, 15) is 19.7 Å². The normalized spacial score (nSPS) is 15.1. The summed E-state index contributed by atoms with van der Waals surface area (Å²) in [7, 11) is 0. The molecule has 11 heteroatoms. The first-order chi connectivity index (χ1) is 14.4. The number of nitro groups is 1. The molecule has 0 saturated carbocycles. The molecule has 1 N–H and O–H groups in total. The van der Waals surface area contributed by atoms with Gasteiger partial charge in [0, 0.05) is 23.8 Å². The summed E-state index contributed by atoms with van der Waals surface area (Å²) in [4.78, 5) is 36.1. The molecule has 3 heterocycles. The van der Waals surface area contributed by atoms with Gasteiger partial charge in [-0.15, -0.1) is 11.3 Å². The monoisotopic (exact) mass is 457 g/mol. The zero-order valence-corrected chi connectivity index (χ0v) is 17.4. The summed E-state index contributed by atoms with van der Waals surface area (Å²) in [5.74, 6) is -0.0928. The van der Waals surface area contributed by atoms with Gasteiger partial charge in [0.1, 0.15) is 11.5 Å². The van der Waals surface area contributed by atoms with Crippen LogP contribution in [0.3, 0.4) is 0 Å². The van der Waals surface area contributed by atoms with Gasteiger partial charge in [-0.1, -0.05) is 30.0 Å². The lowest BCUT2D eigenvalue weighted by atomic mass is 10.1. The zero-order valence-electron chi connectivity index (χ0n) is 14.9. The van der Waals surface area contributed by atoms with Gasteiger partial charge in [-0.3, -0.25) is 25.1 Å². The highest BCUT2D eigenvalue weighted by molar-refractivity contribution is 8.26. The number of thioether (sulfide) groups is 1. The van der Waals surface area contributed by atoms with E-state index in [4.69, 9.17) is 16.6 Å². The van der Waals surface area contributed by atoms with Crippen LogP contribution in [0, 0.1) is 10.1 Å². The Morgan fingerprint density at radius 3 is 2.80 bits per heavy atom. The number of hydrogen-bond donors (Lipinski definition) is 1. The van der Waals surface area contributed by atoms with E-state index in [1.165, 1.54) is 29.5 Å². The first-order valence-electron chi connectivity index (χ1n) is 8.39. The fourth-order valence-corrected chi connectivity index (χ4v) is 4.39. The van der Waals surface area contributed by atoms with Crippen molar-refractivity contribution in [2.45, 2.75) is 0 Å². The molecule has 1 saturated heterocycles. The number of nitrogens with one attached hydrogen (secondary N) is 1. The predicted octanol–water partition coefficient (Wildman–Crippen LogP) is 4.46. The first-order valence-corrected chi connectivity index (χ1v) is 10.5. The van der Waals surface area contributed by atoms with Gasteiger partial charge in [-0.25, -0.2) is 0 Å². The lowest BCUT2D eigenvalue weighted by Crippen LogP contribution is -2.44. The maximum Gasteiger partial charge on any atom is 0.285 e. The molecule has 0 atom stereocenters. The van der Waals surface area contributed by atoms with E-state index in [1.54, 1.807) is 41.8 Å². The Labute approximate surface area is 183 Å². The summed E-state index contributed by atoms with van der Waals surface area (Å²) < 4.78 is 5.91. The second-order valence-electron chi connectivity index (χ2n) is 5.94. The number of thiophene rings is 1. The van der Waals surface area contributed by atoms with Gasteiger partial charge in [0.2, 0.25) is 0 Å². The highest BCUT2D eigenvalue weighted by Crippen LogP contribution is 2.33. The van der Waals surface area contributed by atoms with Crippen LogP contribution in [0.25, 0.3) is 17.4 Å². The number of nitro benzene ring substituents is 1. The van der Waals surface area contributed by atoms with E-state index in [0.29, 0.717) is 22.0 Å². The van der Waals surface area contributed by atoms with Gasteiger partial charge in [0.15, 0.2) is 4.32 Å². The van der Waals surface area contributed by atoms with E-state index in [1.807, 2.05) is 0 Å². The number of thiocarbonyl (C=S) groups is 1. The molecule has 150 valence electrons. The number of hydrogen-bond acceptors (Lipinski definition) is 8. The van der Waals surface area contributed by atoms with E-state index in [-0.39, 0.29) is 14.9 Å². The Hall–Kier alpha value is -3.28. The third kappa shape index (κ3) is 4.03. The molecule has 1 aliphatic heterocycles. The summed E-state index contributed by atoms with van der Waals surface area (Å²) in [6.07, 6.45) is 1.51. The molecule has 1 aliphatic rings. The van der Waals surface area contributed by atoms with Crippen LogP contribution in [0.4, 0.5) is 5.69 Å². The SMILES string of the molecule is O=C(NN1C(=O)/C(=C\c2ccc(-c3cccc([N+](=O)[O-])c3)o2)SC1=S)c1cccs1. The molecule has 2 aromatic heterocycles. The predicted molar refractivity (Wildman–Crippen MR) is 118 cm³/mol. The standard InChI is InChI=1S/C19H11N3O5S3/c23-17(15-5-2-8-29-15)20-21-18(24)16(30-19(21)28)10-13-6-7-14(27-13)11-3-1-4-12(9-11)22(25)26/h1-10H,(H,20,23)/b16-10+. The zero-order chi connectivity index (χ0) is 21.3. The van der Waals surface area contributed by atoms with Crippen molar-refractivity contribution in [2.24, 2.45) is 0 Å². The number of nitrogens with zero attached hydrogens (tertiary/aromatic N) is 2. The second kappa shape index (κ2) is 8.22. The van der Waals surface area contributed by atoms with Gasteiger partial charge in [0.05, 0.1) is 14.7 Å². The van der Waals surface area contributed by atoms with Crippen LogP contribution in [0.2, 0.25) is 0 Å². The molecule has 0 spiro atoms. The molecular formula is C19H11N3O5S3. The molecule has 8 nitrogen and oxygen atoms in total. The van der Waals surface area contributed by atoms with Crippen LogP contribution in [-0.2, 0) is 4.79 Å². The molecule has 1 aromatic carbocycles. The molecule has 0 bridgehead atoms. The van der Waals surface area contributed by atoms with Crippen molar-refractivity contribution in [2.75, 3.05) is 0 Å². The summed E-state index contributed by atoms with van der Waals surface area (Å²) in [6, 6.07) is 12.7. The van der Waals surface area contributed by atoms with Crippen molar-refractivity contribution in [1.29, 1.82) is 0 Å². The Morgan fingerprint density at radius 1 is 1.23 bits per heavy atom. The van der Waals surface area contributed by atoms with Crippen LogP contribution in [-0.4, -0.2) is 26.1 Å². The van der Waals surface area contributed by atoms with Crippen molar-refractivity contribution in [3.05, 3.63) is 79.6 Å². The molecule has 2 amide bonds. The Kier molecular flexibility index (Phi) is 5.48. The third-order valence-electron chi connectivity index (χ3n) is 3.99. The average molecular weight is 458 g/mol. The number of benzene rings is 1. The van der Waals surface area contributed by atoms with Crippen LogP contribution >= 0.6 is 35.3 Å². The number of carbonyl (C=O) groups is 2. The summed E-state index contributed by atoms with van der Waals surface area (Å²) in [6.45, 7) is 0. The Balaban J connectivity index is 1.52. The Bertz CT molecular complexity index is 1200. The smallest absolute Gasteiger partial charge is 0.285 e. The maximum atomic E-state index is 12.6. The highest BCUT2D eigenvalue weighted by atomic mass is 32.2. The molecule has 0 radical (unpaired) electrons.